The van der Waals surface area contributed by atoms with Crippen molar-refractivity contribution in [3.63, 3.8) is 0 Å². The van der Waals surface area contributed by atoms with Gasteiger partial charge < -0.3 is 15.7 Å². The van der Waals surface area contributed by atoms with E-state index in [2.05, 4.69) is 4.98 Å². The molecule has 0 fully saturated rings. The van der Waals surface area contributed by atoms with Crippen LogP contribution in [-0.2, 0) is 0 Å². The molecule has 6 heteroatoms. The molecular weight excluding hydrogens is 336 g/mol. The normalized spacial score (nSPS) is 10.3. The van der Waals surface area contributed by atoms with Crippen LogP contribution in [0.1, 0.15) is 5.56 Å². The first-order valence-corrected chi connectivity index (χ1v) is 7.86. The number of phenolic OH excluding ortho intramolecular Hbond substituents is 1. The largest absolute Gasteiger partial charge is 0.507 e. The fraction of sp³-hybridized carbons (Fsp3) is 0.0526. The fourth-order valence-corrected chi connectivity index (χ4v) is 2.60. The van der Waals surface area contributed by atoms with Crippen LogP contribution in [0.2, 0.25) is 5.02 Å². The van der Waals surface area contributed by atoms with Crippen LogP contribution in [0.15, 0.2) is 54.6 Å². The number of pyridine rings is 1. The maximum Gasteiger partial charge on any atom is 0.142 e. The van der Waals surface area contributed by atoms with Gasteiger partial charge in [0.25, 0.3) is 0 Å². The van der Waals surface area contributed by atoms with E-state index in [1.807, 2.05) is 48.3 Å². The van der Waals surface area contributed by atoms with E-state index in [-0.39, 0.29) is 11.6 Å². The van der Waals surface area contributed by atoms with Crippen LogP contribution in [0.3, 0.4) is 0 Å². The average Bonchev–Trinajstić information content (AvgIpc) is 2.62. The molecule has 1 heterocycles. The van der Waals surface area contributed by atoms with Gasteiger partial charge in [-0.1, -0.05) is 11.6 Å². The number of anilines is 3. The van der Waals surface area contributed by atoms with Crippen LogP contribution in [0.4, 0.5) is 17.2 Å². The number of benzene rings is 2. The van der Waals surface area contributed by atoms with Crippen molar-refractivity contribution in [3.05, 3.63) is 65.2 Å². The van der Waals surface area contributed by atoms with Gasteiger partial charge in [0.1, 0.15) is 17.6 Å². The zero-order valence-corrected chi connectivity index (χ0v) is 14.2. The van der Waals surface area contributed by atoms with Crippen LogP contribution in [-0.4, -0.2) is 17.1 Å². The van der Waals surface area contributed by atoms with Crippen LogP contribution in [0.5, 0.6) is 5.75 Å². The van der Waals surface area contributed by atoms with E-state index >= 15 is 0 Å². The zero-order chi connectivity index (χ0) is 18.0. The summed E-state index contributed by atoms with van der Waals surface area (Å²) in [6.45, 7) is 0. The van der Waals surface area contributed by atoms with Gasteiger partial charge in [-0.25, -0.2) is 4.98 Å². The molecule has 2 aromatic carbocycles. The Morgan fingerprint density at radius 1 is 1.08 bits per heavy atom. The molecule has 0 saturated heterocycles. The molecule has 124 valence electrons. The molecule has 25 heavy (non-hydrogen) atoms. The van der Waals surface area contributed by atoms with Gasteiger partial charge in [-0.2, -0.15) is 5.26 Å². The van der Waals surface area contributed by atoms with Gasteiger partial charge in [-0.3, -0.25) is 0 Å². The molecule has 0 spiro atoms. The van der Waals surface area contributed by atoms with Gasteiger partial charge in [0, 0.05) is 29.0 Å². The van der Waals surface area contributed by atoms with E-state index in [1.54, 1.807) is 24.3 Å². The maximum atomic E-state index is 10.2. The van der Waals surface area contributed by atoms with Gasteiger partial charge >= 0.3 is 0 Å². The molecule has 0 atom stereocenters. The lowest BCUT2D eigenvalue weighted by atomic mass is 10.1. The minimum Gasteiger partial charge on any atom is -0.507 e. The van der Waals surface area contributed by atoms with E-state index < -0.39 is 0 Å². The number of hydrogen-bond acceptors (Lipinski definition) is 5. The van der Waals surface area contributed by atoms with Crippen LogP contribution in [0.25, 0.3) is 11.3 Å². The van der Waals surface area contributed by atoms with Gasteiger partial charge in [0.15, 0.2) is 0 Å². The Kier molecular flexibility index (Phi) is 4.46. The van der Waals surface area contributed by atoms with Crippen LogP contribution < -0.4 is 10.6 Å². The summed E-state index contributed by atoms with van der Waals surface area (Å²) >= 11 is 5.93. The molecule has 0 radical (unpaired) electrons. The predicted octanol–water partition coefficient (Wildman–Crippen LogP) is 4.33. The van der Waals surface area contributed by atoms with E-state index in [0.717, 1.165) is 11.4 Å². The number of phenols is 1. The van der Waals surface area contributed by atoms with Gasteiger partial charge in [-0.05, 0) is 54.6 Å². The SMILES string of the molecule is CN(c1ccc(Cl)cc1)c1ccc(O)c(-c2ccc(C#N)c(N)n2)c1. The molecule has 0 bridgehead atoms. The maximum absolute atomic E-state index is 10.2. The molecule has 3 aromatic rings. The van der Waals surface area contributed by atoms with E-state index in [0.29, 0.717) is 21.8 Å². The summed E-state index contributed by atoms with van der Waals surface area (Å²) in [5, 5.41) is 19.8. The highest BCUT2D eigenvalue weighted by molar-refractivity contribution is 6.30. The molecule has 0 amide bonds. The lowest BCUT2D eigenvalue weighted by Crippen LogP contribution is -2.09. The summed E-state index contributed by atoms with van der Waals surface area (Å²) in [6, 6.07) is 17.9. The highest BCUT2D eigenvalue weighted by atomic mass is 35.5. The Morgan fingerprint density at radius 3 is 2.40 bits per heavy atom. The number of nitriles is 1. The Hall–Kier alpha value is -3.23. The van der Waals surface area contributed by atoms with Crippen molar-refractivity contribution in [2.75, 3.05) is 17.7 Å². The first-order valence-electron chi connectivity index (χ1n) is 7.49. The van der Waals surface area contributed by atoms with Gasteiger partial charge in [0.2, 0.25) is 0 Å². The van der Waals surface area contributed by atoms with Crippen LogP contribution >= 0.6 is 11.6 Å². The Bertz CT molecular complexity index is 964. The number of nitrogens with two attached hydrogens (primary N) is 1. The quantitative estimate of drug-likeness (QED) is 0.734. The summed E-state index contributed by atoms with van der Waals surface area (Å²) in [7, 11) is 1.92. The molecule has 3 N–H and O–H groups in total. The van der Waals surface area contributed by atoms with Crippen molar-refractivity contribution in [3.8, 4) is 23.1 Å². The molecule has 0 unspecified atom stereocenters. The van der Waals surface area contributed by atoms with E-state index in [4.69, 9.17) is 22.6 Å². The third kappa shape index (κ3) is 3.35. The topological polar surface area (TPSA) is 86.2 Å². The minimum absolute atomic E-state index is 0.0878. The molecule has 1 aromatic heterocycles. The second-order valence-electron chi connectivity index (χ2n) is 5.48. The first kappa shape index (κ1) is 16.6. The molecule has 0 aliphatic heterocycles. The summed E-state index contributed by atoms with van der Waals surface area (Å²) in [6.07, 6.45) is 0. The molecular formula is C19H15ClN4O. The highest BCUT2D eigenvalue weighted by Gasteiger charge is 2.12. The molecule has 0 aliphatic rings. The second kappa shape index (κ2) is 6.71. The van der Waals surface area contributed by atoms with Gasteiger partial charge in [0.05, 0.1) is 11.3 Å². The molecule has 3 rings (SSSR count). The number of hydrogen-bond donors (Lipinski definition) is 2. The van der Waals surface area contributed by atoms with Crippen molar-refractivity contribution >= 4 is 28.8 Å². The van der Waals surface area contributed by atoms with Crippen molar-refractivity contribution in [2.24, 2.45) is 0 Å². The third-order valence-electron chi connectivity index (χ3n) is 3.90. The van der Waals surface area contributed by atoms with Crippen molar-refractivity contribution in [1.29, 1.82) is 5.26 Å². The monoisotopic (exact) mass is 350 g/mol. The van der Waals surface area contributed by atoms with Crippen molar-refractivity contribution in [2.45, 2.75) is 0 Å². The highest BCUT2D eigenvalue weighted by Crippen LogP contribution is 2.34. The molecule has 5 nitrogen and oxygen atoms in total. The summed E-state index contributed by atoms with van der Waals surface area (Å²) in [4.78, 5) is 6.18. The number of aromatic hydroxyl groups is 1. The van der Waals surface area contributed by atoms with E-state index in [1.165, 1.54) is 0 Å². The predicted molar refractivity (Wildman–Crippen MR) is 100.0 cm³/mol. The Balaban J connectivity index is 2.02. The zero-order valence-electron chi connectivity index (χ0n) is 13.4. The number of aromatic nitrogens is 1. The minimum atomic E-state index is 0.0878. The number of nitrogens with zero attached hydrogens (tertiary/aromatic N) is 3. The van der Waals surface area contributed by atoms with Gasteiger partial charge in [-0.15, -0.1) is 0 Å². The van der Waals surface area contributed by atoms with Crippen molar-refractivity contribution in [1.82, 2.24) is 4.98 Å². The first-order chi connectivity index (χ1) is 12.0. The molecule has 0 saturated carbocycles. The average molecular weight is 351 g/mol. The Morgan fingerprint density at radius 2 is 1.76 bits per heavy atom. The summed E-state index contributed by atoms with van der Waals surface area (Å²) < 4.78 is 0. The fourth-order valence-electron chi connectivity index (χ4n) is 2.47. The number of halogens is 1. The third-order valence-corrected chi connectivity index (χ3v) is 4.15. The summed E-state index contributed by atoms with van der Waals surface area (Å²) in [5.41, 5.74) is 8.94. The lowest BCUT2D eigenvalue weighted by molar-refractivity contribution is 0.477. The smallest absolute Gasteiger partial charge is 0.142 e. The standard InChI is InChI=1S/C19H15ClN4O/c1-24(14-5-3-13(20)4-6-14)15-7-9-18(25)16(10-15)17-8-2-12(11-21)19(22)23-17/h2-10,25H,1H3,(H2,22,23). The van der Waals surface area contributed by atoms with E-state index in [9.17, 15) is 5.11 Å². The molecule has 0 aliphatic carbocycles. The summed E-state index contributed by atoms with van der Waals surface area (Å²) in [5.74, 6) is 0.223. The van der Waals surface area contributed by atoms with Crippen molar-refractivity contribution < 1.29 is 5.11 Å². The Labute approximate surface area is 150 Å². The number of nitrogen functional groups attached to an aromatic ring is 1. The van der Waals surface area contributed by atoms with Crippen LogP contribution in [0, 0.1) is 11.3 Å². The lowest BCUT2D eigenvalue weighted by Gasteiger charge is -2.20. The number of rotatable bonds is 3. The second-order valence-corrected chi connectivity index (χ2v) is 5.91.